The Morgan fingerprint density at radius 3 is 2.12 bits per heavy atom. The number of hydrogen-bond donors (Lipinski definition) is 0. The topological polar surface area (TPSA) is 18.5 Å². The number of benzene rings is 1. The van der Waals surface area contributed by atoms with Crippen molar-refractivity contribution in [1.29, 1.82) is 0 Å². The first-order valence-corrected chi connectivity index (χ1v) is 7.48. The molecule has 16 heavy (non-hydrogen) atoms. The molecule has 1 aromatic carbocycles. The fourth-order valence-corrected chi connectivity index (χ4v) is 3.28. The van der Waals surface area contributed by atoms with Gasteiger partial charge in [-0.15, -0.1) is 23.2 Å². The van der Waals surface area contributed by atoms with Crippen molar-refractivity contribution in [3.05, 3.63) is 29.8 Å². The highest BCUT2D eigenvalue weighted by Crippen LogP contribution is 2.00. The van der Waals surface area contributed by atoms with Gasteiger partial charge in [0.2, 0.25) is 0 Å². The van der Waals surface area contributed by atoms with Gasteiger partial charge in [-0.05, 0) is 17.7 Å². The van der Waals surface area contributed by atoms with Crippen molar-refractivity contribution >= 4 is 37.7 Å². The second-order valence-electron chi connectivity index (χ2n) is 3.18. The molecule has 0 N–H and O–H groups in total. The van der Waals surface area contributed by atoms with Gasteiger partial charge in [-0.1, -0.05) is 24.3 Å². The van der Waals surface area contributed by atoms with E-state index < -0.39 is 9.28 Å². The Labute approximate surface area is 108 Å². The summed E-state index contributed by atoms with van der Waals surface area (Å²) in [6.07, 6.45) is 0. The van der Waals surface area contributed by atoms with Gasteiger partial charge in [0, 0.05) is 25.0 Å². The fourth-order valence-electron chi connectivity index (χ4n) is 1.26. The monoisotopic (exact) mass is 277 g/mol. The highest BCUT2D eigenvalue weighted by molar-refractivity contribution is 6.61. The summed E-state index contributed by atoms with van der Waals surface area (Å²) in [6.45, 7) is 3.06. The maximum Gasteiger partial charge on any atom is 0.423 e. The van der Waals surface area contributed by atoms with E-state index in [1.165, 1.54) is 5.56 Å². The molecule has 0 heterocycles. The van der Waals surface area contributed by atoms with E-state index >= 15 is 0 Å². The van der Waals surface area contributed by atoms with Gasteiger partial charge in [-0.2, -0.15) is 0 Å². The maximum absolute atomic E-state index is 5.65. The first-order chi connectivity index (χ1) is 7.79. The second kappa shape index (κ2) is 8.09. The fraction of sp³-hybridized carbons (Fsp3) is 0.455. The highest BCUT2D eigenvalue weighted by atomic mass is 35.5. The van der Waals surface area contributed by atoms with Crippen molar-refractivity contribution in [3.63, 3.8) is 0 Å². The lowest BCUT2D eigenvalue weighted by molar-refractivity contribution is 0.227. The molecule has 89 valence electrons. The molecule has 1 radical (unpaired) electrons. The zero-order valence-electron chi connectivity index (χ0n) is 9.21. The third-order valence-corrected chi connectivity index (χ3v) is 4.23. The minimum atomic E-state index is -1.45. The van der Waals surface area contributed by atoms with Gasteiger partial charge in [0.25, 0.3) is 0 Å². The van der Waals surface area contributed by atoms with E-state index in [0.29, 0.717) is 25.0 Å². The predicted molar refractivity (Wildman–Crippen MR) is 69.9 cm³/mol. The van der Waals surface area contributed by atoms with Gasteiger partial charge in [-0.3, -0.25) is 0 Å². The van der Waals surface area contributed by atoms with Gasteiger partial charge in [-0.25, -0.2) is 0 Å². The summed E-state index contributed by atoms with van der Waals surface area (Å²) in [4.78, 5) is 0. The smallest absolute Gasteiger partial charge is 0.389 e. The highest BCUT2D eigenvalue weighted by Gasteiger charge is 2.20. The SMILES string of the molecule is Cc1ccccc1[Si](OCCCl)OCCCl. The first kappa shape index (κ1) is 14.0. The Balaban J connectivity index is 2.70. The van der Waals surface area contributed by atoms with E-state index in [1.807, 2.05) is 31.2 Å². The Bertz CT molecular complexity index is 302. The molecule has 0 saturated heterocycles. The average molecular weight is 278 g/mol. The Kier molecular flexibility index (Phi) is 7.08. The lowest BCUT2D eigenvalue weighted by Crippen LogP contribution is -2.39. The zero-order chi connectivity index (χ0) is 11.8. The van der Waals surface area contributed by atoms with Crippen LogP contribution in [-0.4, -0.2) is 34.3 Å². The summed E-state index contributed by atoms with van der Waals surface area (Å²) in [5.74, 6) is 0.953. The maximum atomic E-state index is 5.65. The van der Waals surface area contributed by atoms with Crippen LogP contribution in [0.2, 0.25) is 0 Å². The van der Waals surface area contributed by atoms with Gasteiger partial charge in [0.1, 0.15) is 0 Å². The summed E-state index contributed by atoms with van der Waals surface area (Å²) in [6, 6.07) is 8.07. The van der Waals surface area contributed by atoms with E-state index in [-0.39, 0.29) is 0 Å². The average Bonchev–Trinajstić information content (AvgIpc) is 2.31. The molecule has 0 amide bonds. The van der Waals surface area contributed by atoms with Crippen LogP contribution in [0.25, 0.3) is 0 Å². The van der Waals surface area contributed by atoms with Gasteiger partial charge in [0.05, 0.1) is 0 Å². The van der Waals surface area contributed by atoms with Crippen molar-refractivity contribution in [2.75, 3.05) is 25.0 Å². The molecular weight excluding hydrogens is 263 g/mol. The van der Waals surface area contributed by atoms with E-state index in [2.05, 4.69) is 0 Å². The van der Waals surface area contributed by atoms with Crippen LogP contribution in [0.3, 0.4) is 0 Å². The number of hydrogen-bond acceptors (Lipinski definition) is 2. The molecule has 0 aliphatic carbocycles. The van der Waals surface area contributed by atoms with E-state index in [4.69, 9.17) is 32.1 Å². The third kappa shape index (κ3) is 4.43. The summed E-state index contributed by atoms with van der Waals surface area (Å²) >= 11 is 11.2. The van der Waals surface area contributed by atoms with Crippen LogP contribution in [0.4, 0.5) is 0 Å². The van der Waals surface area contributed by atoms with E-state index in [9.17, 15) is 0 Å². The van der Waals surface area contributed by atoms with Gasteiger partial charge >= 0.3 is 9.28 Å². The van der Waals surface area contributed by atoms with E-state index in [0.717, 1.165) is 5.19 Å². The largest absolute Gasteiger partial charge is 0.423 e. The third-order valence-electron chi connectivity index (χ3n) is 1.99. The Hall–Kier alpha value is -0.0631. The summed E-state index contributed by atoms with van der Waals surface area (Å²) in [5, 5.41) is 1.13. The molecule has 0 atom stereocenters. The van der Waals surface area contributed by atoms with Crippen molar-refractivity contribution in [1.82, 2.24) is 0 Å². The van der Waals surface area contributed by atoms with Gasteiger partial charge in [0.15, 0.2) is 0 Å². The standard InChI is InChI=1S/C11H15Cl2O2Si/c1-10-4-2-3-5-11(10)16(14-8-6-12)15-9-7-13/h2-5H,6-9H2,1H3. The Morgan fingerprint density at radius 1 is 1.06 bits per heavy atom. The molecule has 0 fully saturated rings. The second-order valence-corrected chi connectivity index (χ2v) is 5.62. The van der Waals surface area contributed by atoms with E-state index in [1.54, 1.807) is 0 Å². The zero-order valence-corrected chi connectivity index (χ0v) is 11.7. The number of aryl methyl sites for hydroxylation is 1. The van der Waals surface area contributed by atoms with Crippen molar-refractivity contribution in [2.45, 2.75) is 6.92 Å². The van der Waals surface area contributed by atoms with Gasteiger partial charge < -0.3 is 8.85 Å². The molecule has 0 aliphatic rings. The first-order valence-electron chi connectivity index (χ1n) is 5.10. The molecule has 2 nitrogen and oxygen atoms in total. The molecule has 0 aromatic heterocycles. The summed E-state index contributed by atoms with van der Waals surface area (Å²) in [7, 11) is -1.45. The predicted octanol–water partition coefficient (Wildman–Crippen LogP) is 2.20. The summed E-state index contributed by atoms with van der Waals surface area (Å²) in [5.41, 5.74) is 1.18. The molecule has 5 heteroatoms. The van der Waals surface area contributed by atoms with Crippen LogP contribution in [0, 0.1) is 6.92 Å². The van der Waals surface area contributed by atoms with Crippen LogP contribution in [-0.2, 0) is 8.85 Å². The molecule has 0 bridgehead atoms. The normalized spacial score (nSPS) is 11.0. The van der Waals surface area contributed by atoms with Crippen LogP contribution in [0.15, 0.2) is 24.3 Å². The minimum absolute atomic E-state index is 0.476. The molecule has 0 saturated carbocycles. The summed E-state index contributed by atoms with van der Waals surface area (Å²) < 4.78 is 11.3. The molecule has 1 rings (SSSR count). The number of halogens is 2. The number of rotatable bonds is 7. The Morgan fingerprint density at radius 2 is 1.62 bits per heavy atom. The van der Waals surface area contributed by atoms with Crippen LogP contribution >= 0.6 is 23.2 Å². The van der Waals surface area contributed by atoms with Crippen molar-refractivity contribution in [2.24, 2.45) is 0 Å². The van der Waals surface area contributed by atoms with Crippen LogP contribution in [0.5, 0.6) is 0 Å². The minimum Gasteiger partial charge on any atom is -0.389 e. The van der Waals surface area contributed by atoms with Crippen LogP contribution < -0.4 is 5.19 Å². The lowest BCUT2D eigenvalue weighted by Gasteiger charge is -2.16. The van der Waals surface area contributed by atoms with Crippen molar-refractivity contribution < 1.29 is 8.85 Å². The molecule has 1 aromatic rings. The molecule has 0 spiro atoms. The molecule has 0 aliphatic heterocycles. The molecule has 0 unspecified atom stereocenters. The molecular formula is C11H15Cl2O2Si. The lowest BCUT2D eigenvalue weighted by atomic mass is 10.2. The van der Waals surface area contributed by atoms with Crippen molar-refractivity contribution in [3.8, 4) is 0 Å². The van der Waals surface area contributed by atoms with Crippen LogP contribution in [0.1, 0.15) is 5.56 Å². The quantitative estimate of drug-likeness (QED) is 0.562. The number of alkyl halides is 2.